The van der Waals surface area contributed by atoms with Gasteiger partial charge in [-0.05, 0) is 0 Å². The minimum absolute atomic E-state index is 0.0410. The zero-order valence-electron chi connectivity index (χ0n) is 11.0. The summed E-state index contributed by atoms with van der Waals surface area (Å²) in [6.07, 6.45) is 0.870. The fraction of sp³-hybridized carbons (Fsp3) is 0.200. The first-order chi connectivity index (χ1) is 9.78. The van der Waals surface area contributed by atoms with E-state index < -0.39 is 0 Å². The Balaban J connectivity index is 1.90. The second-order valence-corrected chi connectivity index (χ2v) is 5.71. The van der Waals surface area contributed by atoms with Gasteiger partial charge in [-0.1, -0.05) is 0 Å². The van der Waals surface area contributed by atoms with Crippen LogP contribution in [0.15, 0.2) is 50.4 Å². The zero-order valence-corrected chi connectivity index (χ0v) is 12.7. The monoisotopic (exact) mass is 335 g/mol. The van der Waals surface area contributed by atoms with Crippen LogP contribution in [0.1, 0.15) is 24.9 Å². The molecule has 2 aromatic rings. The average molecular weight is 334 g/mol. The summed E-state index contributed by atoms with van der Waals surface area (Å²) in [5, 5.41) is 3.46. The molecule has 3 nitrogen and oxygen atoms in total. The maximum absolute atomic E-state index is 13.4. The number of benzene rings is 2. The van der Waals surface area contributed by atoms with Crippen molar-refractivity contribution < 1.29 is 4.39 Å². The van der Waals surface area contributed by atoms with Crippen molar-refractivity contribution in [1.29, 1.82) is 0 Å². The molecule has 3 rings (SSSR count). The van der Waals surface area contributed by atoms with Crippen LogP contribution in [0.25, 0.3) is 0 Å². The number of fused-ring (bicyclic) bond motifs is 1. The Hall–Kier alpha value is -1.71. The van der Waals surface area contributed by atoms with E-state index in [1.54, 1.807) is 12.1 Å². The molecule has 1 heterocycles. The van der Waals surface area contributed by atoms with Crippen LogP contribution in [0.4, 0.5) is 21.5 Å². The number of rotatable bonds is 4. The fourth-order valence-corrected chi connectivity index (χ4v) is 3.41. The third-order valence-corrected chi connectivity index (χ3v) is 4.41. The predicted octanol–water partition coefficient (Wildman–Crippen LogP) is 4.74. The van der Waals surface area contributed by atoms with Gasteiger partial charge in [-0.3, -0.25) is 0 Å². The van der Waals surface area contributed by atoms with Gasteiger partial charge in [0.25, 0.3) is 0 Å². The van der Waals surface area contributed by atoms with Crippen LogP contribution in [0.3, 0.4) is 0 Å². The normalized spacial score (nSPS) is 13.7. The Morgan fingerprint density at radius 1 is 1.20 bits per heavy atom. The summed E-state index contributed by atoms with van der Waals surface area (Å²) in [5.41, 5.74) is 3.80. The number of hydrogen-bond acceptors (Lipinski definition) is 3. The molecule has 2 aromatic carbocycles. The summed E-state index contributed by atoms with van der Waals surface area (Å²) in [6, 6.07) is 12.7. The van der Waals surface area contributed by atoms with Gasteiger partial charge in [-0.25, -0.2) is 0 Å². The van der Waals surface area contributed by atoms with E-state index in [4.69, 9.17) is 0 Å². The van der Waals surface area contributed by atoms with Crippen molar-refractivity contribution in [2.45, 2.75) is 19.4 Å². The second kappa shape index (κ2) is 5.73. The van der Waals surface area contributed by atoms with E-state index in [1.807, 2.05) is 24.3 Å². The number of halogens is 1. The molecule has 0 spiro atoms. The van der Waals surface area contributed by atoms with Crippen LogP contribution in [-0.4, -0.2) is 14.6 Å². The molecule has 0 aliphatic carbocycles. The van der Waals surface area contributed by atoms with Crippen LogP contribution < -0.4 is 5.32 Å². The van der Waals surface area contributed by atoms with Gasteiger partial charge < -0.3 is 0 Å². The molecule has 20 heavy (non-hydrogen) atoms. The molecule has 0 amide bonds. The van der Waals surface area contributed by atoms with Crippen LogP contribution in [0.2, 0.25) is 0 Å². The third kappa shape index (κ3) is 2.60. The van der Waals surface area contributed by atoms with E-state index in [0.717, 1.165) is 29.0 Å². The molecule has 0 saturated heterocycles. The Morgan fingerprint density at radius 2 is 2.05 bits per heavy atom. The standard InChI is InChI=1S/C15H14FN3Se/c1-2-12(10-5-3-6-11(16)9-10)17-13-7-4-8-14-15(13)19-20-18-14/h3-9,12,17H,2H2,1H3. The van der Waals surface area contributed by atoms with Gasteiger partial charge in [0.05, 0.1) is 0 Å². The van der Waals surface area contributed by atoms with E-state index in [9.17, 15) is 4.39 Å². The molecule has 1 unspecified atom stereocenters. The quantitative estimate of drug-likeness (QED) is 0.688. The average Bonchev–Trinajstić information content (AvgIpc) is 2.94. The molecule has 5 heteroatoms. The van der Waals surface area contributed by atoms with Gasteiger partial charge in [-0.15, -0.1) is 0 Å². The summed E-state index contributed by atoms with van der Waals surface area (Å²) in [7, 11) is 0. The molecule has 0 radical (unpaired) electrons. The fourth-order valence-electron chi connectivity index (χ4n) is 2.25. The molecular weight excluding hydrogens is 320 g/mol. The molecular formula is C15H14FN3Se. The van der Waals surface area contributed by atoms with E-state index >= 15 is 0 Å². The minimum atomic E-state index is -0.205. The Bertz CT molecular complexity index is 708. The SMILES string of the molecule is CCC(Nc1cccc2c1N=[Se]=N2)c1cccc(F)c1. The first-order valence-corrected chi connectivity index (χ1v) is 8.04. The van der Waals surface area contributed by atoms with Gasteiger partial charge in [0.1, 0.15) is 0 Å². The number of nitrogens with zero attached hydrogens (tertiary/aromatic N) is 2. The first kappa shape index (κ1) is 13.3. The number of hydrogen-bond donors (Lipinski definition) is 1. The molecule has 0 bridgehead atoms. The van der Waals surface area contributed by atoms with Crippen molar-refractivity contribution in [3.05, 3.63) is 53.8 Å². The summed E-state index contributed by atoms with van der Waals surface area (Å²) in [5.74, 6) is -0.205. The van der Waals surface area contributed by atoms with E-state index in [1.165, 1.54) is 6.07 Å². The Morgan fingerprint density at radius 3 is 2.85 bits per heavy atom. The summed E-state index contributed by atoms with van der Waals surface area (Å²) >= 11 is -0.0410. The maximum atomic E-state index is 13.4. The number of nitrogens with one attached hydrogen (secondary N) is 1. The van der Waals surface area contributed by atoms with Gasteiger partial charge in [0.15, 0.2) is 0 Å². The van der Waals surface area contributed by atoms with Gasteiger partial charge >= 0.3 is 122 Å². The van der Waals surface area contributed by atoms with Crippen molar-refractivity contribution in [2.24, 2.45) is 7.92 Å². The van der Waals surface area contributed by atoms with Gasteiger partial charge in [0.2, 0.25) is 0 Å². The Labute approximate surface area is 123 Å². The molecule has 1 atom stereocenters. The van der Waals surface area contributed by atoms with Crippen LogP contribution >= 0.6 is 0 Å². The van der Waals surface area contributed by atoms with Gasteiger partial charge in [0, 0.05) is 0 Å². The van der Waals surface area contributed by atoms with E-state index in [2.05, 4.69) is 20.2 Å². The number of anilines is 1. The van der Waals surface area contributed by atoms with Crippen molar-refractivity contribution in [3.63, 3.8) is 0 Å². The molecule has 1 aliphatic rings. The molecule has 0 saturated carbocycles. The molecule has 0 fully saturated rings. The summed E-state index contributed by atoms with van der Waals surface area (Å²) in [4.78, 5) is 0. The summed E-state index contributed by atoms with van der Waals surface area (Å²) in [6.45, 7) is 2.08. The second-order valence-electron chi connectivity index (χ2n) is 4.60. The van der Waals surface area contributed by atoms with Crippen molar-refractivity contribution >= 4 is 31.6 Å². The van der Waals surface area contributed by atoms with Crippen LogP contribution in [-0.2, 0) is 0 Å². The van der Waals surface area contributed by atoms with Gasteiger partial charge in [-0.2, -0.15) is 0 Å². The van der Waals surface area contributed by atoms with Crippen LogP contribution in [0, 0.1) is 5.82 Å². The van der Waals surface area contributed by atoms with Crippen LogP contribution in [0.5, 0.6) is 0 Å². The summed E-state index contributed by atoms with van der Waals surface area (Å²) < 4.78 is 22.2. The predicted molar refractivity (Wildman–Crippen MR) is 79.4 cm³/mol. The molecule has 0 aromatic heterocycles. The van der Waals surface area contributed by atoms with E-state index in [-0.39, 0.29) is 26.4 Å². The molecule has 102 valence electrons. The van der Waals surface area contributed by atoms with Crippen molar-refractivity contribution in [1.82, 2.24) is 0 Å². The topological polar surface area (TPSA) is 36.8 Å². The Kier molecular flexibility index (Phi) is 3.81. The first-order valence-electron chi connectivity index (χ1n) is 6.51. The molecule has 1 N–H and O–H groups in total. The van der Waals surface area contributed by atoms with E-state index in [0.29, 0.717) is 0 Å². The zero-order chi connectivity index (χ0) is 13.9. The van der Waals surface area contributed by atoms with Crippen molar-refractivity contribution in [2.75, 3.05) is 5.32 Å². The van der Waals surface area contributed by atoms with Crippen molar-refractivity contribution in [3.8, 4) is 0 Å². The molecule has 1 aliphatic heterocycles. The third-order valence-electron chi connectivity index (χ3n) is 3.28.